The molecule has 0 aliphatic carbocycles. The molecule has 0 radical (unpaired) electrons. The summed E-state index contributed by atoms with van der Waals surface area (Å²) in [6, 6.07) is 16.9. The van der Waals surface area contributed by atoms with Crippen molar-refractivity contribution in [3.8, 4) is 0 Å². The Bertz CT molecular complexity index is 791. The van der Waals surface area contributed by atoms with Crippen molar-refractivity contribution in [2.75, 3.05) is 54.4 Å². The van der Waals surface area contributed by atoms with Gasteiger partial charge >= 0.3 is 6.03 Å². The van der Waals surface area contributed by atoms with E-state index in [9.17, 15) is 4.79 Å². The van der Waals surface area contributed by atoms with Crippen LogP contribution in [0.3, 0.4) is 0 Å². The molecule has 1 N–H and O–H groups in total. The van der Waals surface area contributed by atoms with Gasteiger partial charge in [-0.2, -0.15) is 0 Å². The van der Waals surface area contributed by atoms with Gasteiger partial charge in [-0.1, -0.05) is 32.0 Å². The second-order valence-electron chi connectivity index (χ2n) is 7.83. The fourth-order valence-electron chi connectivity index (χ4n) is 3.94. The summed E-state index contributed by atoms with van der Waals surface area (Å²) in [5, 5.41) is 3.11. The van der Waals surface area contributed by atoms with Gasteiger partial charge in [0.1, 0.15) is 0 Å². The molecule has 1 aliphatic heterocycles. The highest BCUT2D eigenvalue weighted by atomic mass is 16.2. The summed E-state index contributed by atoms with van der Waals surface area (Å²) < 4.78 is 0. The van der Waals surface area contributed by atoms with Crippen LogP contribution in [0.2, 0.25) is 0 Å². The molecular weight excluding hydrogens is 360 g/mol. The van der Waals surface area contributed by atoms with Gasteiger partial charge < -0.3 is 20.0 Å². The molecule has 29 heavy (non-hydrogen) atoms. The van der Waals surface area contributed by atoms with Crippen molar-refractivity contribution in [1.29, 1.82) is 0 Å². The lowest BCUT2D eigenvalue weighted by Crippen LogP contribution is -2.50. The molecule has 1 saturated heterocycles. The molecule has 156 valence electrons. The Balaban J connectivity index is 1.57. The average molecular weight is 395 g/mol. The Morgan fingerprint density at radius 2 is 1.59 bits per heavy atom. The van der Waals surface area contributed by atoms with E-state index in [1.807, 2.05) is 23.1 Å². The van der Waals surface area contributed by atoms with Gasteiger partial charge in [-0.05, 0) is 55.7 Å². The summed E-state index contributed by atoms with van der Waals surface area (Å²) >= 11 is 0. The van der Waals surface area contributed by atoms with Gasteiger partial charge in [-0.15, -0.1) is 0 Å². The maximum absolute atomic E-state index is 12.8. The average Bonchev–Trinajstić information content (AvgIpc) is 2.75. The van der Waals surface area contributed by atoms with Crippen LogP contribution in [-0.2, 0) is 0 Å². The topological polar surface area (TPSA) is 38.8 Å². The monoisotopic (exact) mass is 394 g/mol. The quantitative estimate of drug-likeness (QED) is 0.748. The van der Waals surface area contributed by atoms with Crippen LogP contribution >= 0.6 is 0 Å². The third kappa shape index (κ3) is 5.03. The van der Waals surface area contributed by atoms with Gasteiger partial charge in [-0.3, -0.25) is 0 Å². The van der Waals surface area contributed by atoms with Crippen LogP contribution in [0.5, 0.6) is 0 Å². The molecule has 2 aromatic rings. The van der Waals surface area contributed by atoms with E-state index in [2.05, 4.69) is 73.1 Å². The number of para-hydroxylation sites is 1. The van der Waals surface area contributed by atoms with E-state index >= 15 is 0 Å². The first-order valence-corrected chi connectivity index (χ1v) is 10.8. The van der Waals surface area contributed by atoms with Crippen molar-refractivity contribution in [3.63, 3.8) is 0 Å². The lowest BCUT2D eigenvalue weighted by atomic mass is 10.0. The minimum absolute atomic E-state index is 0.00497. The molecule has 3 rings (SSSR count). The second-order valence-corrected chi connectivity index (χ2v) is 7.83. The van der Waals surface area contributed by atoms with Crippen molar-refractivity contribution < 1.29 is 4.79 Å². The van der Waals surface area contributed by atoms with Crippen molar-refractivity contribution >= 4 is 23.1 Å². The van der Waals surface area contributed by atoms with Gasteiger partial charge in [0.2, 0.25) is 0 Å². The molecule has 5 nitrogen and oxygen atoms in total. The number of carbonyl (C=O) groups excluding carboxylic acids is 1. The number of nitrogens with zero attached hydrogens (tertiary/aromatic N) is 3. The fraction of sp³-hybridized carbons (Fsp3) is 0.458. The van der Waals surface area contributed by atoms with Gasteiger partial charge in [0.05, 0.1) is 0 Å². The third-order valence-corrected chi connectivity index (χ3v) is 5.73. The first-order chi connectivity index (χ1) is 14.0. The van der Waals surface area contributed by atoms with E-state index in [0.29, 0.717) is 5.92 Å². The van der Waals surface area contributed by atoms with Crippen molar-refractivity contribution in [2.24, 2.45) is 0 Å². The summed E-state index contributed by atoms with van der Waals surface area (Å²) in [5.41, 5.74) is 4.58. The maximum Gasteiger partial charge on any atom is 0.321 e. The molecule has 0 aromatic heterocycles. The molecule has 0 unspecified atom stereocenters. The van der Waals surface area contributed by atoms with Crippen LogP contribution in [0.25, 0.3) is 0 Å². The fourth-order valence-corrected chi connectivity index (χ4v) is 3.94. The predicted molar refractivity (Wildman–Crippen MR) is 123 cm³/mol. The predicted octanol–water partition coefficient (Wildman–Crippen LogP) is 5.01. The molecule has 0 atom stereocenters. The summed E-state index contributed by atoms with van der Waals surface area (Å²) in [6.07, 6.45) is 0. The van der Waals surface area contributed by atoms with Crippen LogP contribution in [0.1, 0.15) is 39.2 Å². The van der Waals surface area contributed by atoms with Crippen LogP contribution < -0.4 is 15.1 Å². The largest absolute Gasteiger partial charge is 0.372 e. The van der Waals surface area contributed by atoms with E-state index in [1.54, 1.807) is 0 Å². The summed E-state index contributed by atoms with van der Waals surface area (Å²) in [4.78, 5) is 19.4. The minimum Gasteiger partial charge on any atom is -0.372 e. The molecule has 1 aliphatic rings. The Labute approximate surface area is 175 Å². The van der Waals surface area contributed by atoms with Crippen LogP contribution in [0.15, 0.2) is 48.5 Å². The van der Waals surface area contributed by atoms with Gasteiger partial charge in [0.25, 0.3) is 0 Å². The number of amides is 2. The Kier molecular flexibility index (Phi) is 7.02. The molecule has 0 saturated carbocycles. The van der Waals surface area contributed by atoms with E-state index in [4.69, 9.17) is 0 Å². The van der Waals surface area contributed by atoms with Crippen molar-refractivity contribution in [2.45, 2.75) is 33.6 Å². The normalized spacial score (nSPS) is 14.2. The zero-order chi connectivity index (χ0) is 20.8. The number of hydrogen-bond acceptors (Lipinski definition) is 3. The zero-order valence-electron chi connectivity index (χ0n) is 18.2. The van der Waals surface area contributed by atoms with E-state index < -0.39 is 0 Å². The summed E-state index contributed by atoms with van der Waals surface area (Å²) in [6.45, 7) is 13.9. The molecule has 5 heteroatoms. The number of benzene rings is 2. The molecule has 2 amide bonds. The van der Waals surface area contributed by atoms with Gasteiger partial charge in [0, 0.05) is 56.3 Å². The molecule has 1 heterocycles. The van der Waals surface area contributed by atoms with Crippen molar-refractivity contribution in [3.05, 3.63) is 54.1 Å². The third-order valence-electron chi connectivity index (χ3n) is 5.73. The first-order valence-electron chi connectivity index (χ1n) is 10.8. The standard InChI is InChI=1S/C24H34N4O/c1-5-26(6-2)20-11-13-21(14-12-20)27-15-17-28(18-16-27)24(29)25-23-10-8-7-9-22(23)19(3)4/h7-14,19H,5-6,15-18H2,1-4H3,(H,25,29). The highest BCUT2D eigenvalue weighted by Gasteiger charge is 2.22. The molecule has 0 bridgehead atoms. The highest BCUT2D eigenvalue weighted by Crippen LogP contribution is 2.25. The summed E-state index contributed by atoms with van der Waals surface area (Å²) in [5.74, 6) is 0.377. The van der Waals surface area contributed by atoms with Gasteiger partial charge in [0.15, 0.2) is 0 Å². The first kappa shape index (κ1) is 21.0. The number of urea groups is 1. The molecular formula is C24H34N4O. The molecule has 0 spiro atoms. The molecule has 2 aromatic carbocycles. The van der Waals surface area contributed by atoms with Crippen LogP contribution in [-0.4, -0.2) is 50.2 Å². The van der Waals surface area contributed by atoms with Crippen LogP contribution in [0.4, 0.5) is 21.9 Å². The number of carbonyl (C=O) groups is 1. The van der Waals surface area contributed by atoms with Crippen molar-refractivity contribution in [1.82, 2.24) is 4.90 Å². The SMILES string of the molecule is CCN(CC)c1ccc(N2CCN(C(=O)Nc3ccccc3C(C)C)CC2)cc1. The molecule has 1 fully saturated rings. The Morgan fingerprint density at radius 3 is 2.17 bits per heavy atom. The highest BCUT2D eigenvalue weighted by molar-refractivity contribution is 5.90. The lowest BCUT2D eigenvalue weighted by molar-refractivity contribution is 0.208. The van der Waals surface area contributed by atoms with E-state index in [1.165, 1.54) is 16.9 Å². The van der Waals surface area contributed by atoms with Crippen LogP contribution in [0, 0.1) is 0 Å². The maximum atomic E-state index is 12.8. The number of piperazine rings is 1. The minimum atomic E-state index is -0.00497. The summed E-state index contributed by atoms with van der Waals surface area (Å²) in [7, 11) is 0. The lowest BCUT2D eigenvalue weighted by Gasteiger charge is -2.36. The van der Waals surface area contributed by atoms with E-state index in [-0.39, 0.29) is 6.03 Å². The number of anilines is 3. The smallest absolute Gasteiger partial charge is 0.321 e. The number of rotatable bonds is 6. The Hall–Kier alpha value is -2.69. The second kappa shape index (κ2) is 9.68. The number of hydrogen-bond donors (Lipinski definition) is 1. The van der Waals surface area contributed by atoms with E-state index in [0.717, 1.165) is 45.0 Å². The number of nitrogens with one attached hydrogen (secondary N) is 1. The Morgan fingerprint density at radius 1 is 0.966 bits per heavy atom. The zero-order valence-corrected chi connectivity index (χ0v) is 18.2. The van der Waals surface area contributed by atoms with Gasteiger partial charge in [-0.25, -0.2) is 4.79 Å².